The highest BCUT2D eigenvalue weighted by molar-refractivity contribution is 5.33. The number of hydrogen-bond donors (Lipinski definition) is 0. The molecule has 1 heteroatoms. The van der Waals surface area contributed by atoms with E-state index < -0.39 is 0 Å². The molecule has 0 saturated carbocycles. The second kappa shape index (κ2) is 4.85. The summed E-state index contributed by atoms with van der Waals surface area (Å²) < 4.78 is 5.58. The zero-order valence-corrected chi connectivity index (χ0v) is 9.42. The highest BCUT2D eigenvalue weighted by Crippen LogP contribution is 2.16. The van der Waals surface area contributed by atoms with Gasteiger partial charge in [0.05, 0.1) is 0 Å². The van der Waals surface area contributed by atoms with Crippen LogP contribution in [0, 0.1) is 13.8 Å². The molecule has 0 amide bonds. The molecule has 76 valence electrons. The van der Waals surface area contributed by atoms with E-state index in [0.717, 1.165) is 5.75 Å². The molecule has 0 unspecified atom stereocenters. The van der Waals surface area contributed by atoms with Crippen molar-refractivity contribution in [1.29, 1.82) is 0 Å². The fourth-order valence-corrected chi connectivity index (χ4v) is 1.11. The Balaban J connectivity index is 2.60. The molecule has 0 atom stereocenters. The monoisotopic (exact) mass is 190 g/mol. The van der Waals surface area contributed by atoms with Crippen LogP contribution in [-0.2, 0) is 0 Å². The van der Waals surface area contributed by atoms with Gasteiger partial charge in [0.25, 0.3) is 0 Å². The van der Waals surface area contributed by atoms with Gasteiger partial charge in [-0.05, 0) is 57.0 Å². The molecule has 0 saturated heterocycles. The van der Waals surface area contributed by atoms with Crippen LogP contribution in [0.5, 0.6) is 5.75 Å². The van der Waals surface area contributed by atoms with E-state index in [1.54, 1.807) is 0 Å². The third kappa shape index (κ3) is 3.25. The molecular weight excluding hydrogens is 172 g/mol. The Morgan fingerprint density at radius 3 is 2.50 bits per heavy atom. The molecule has 0 N–H and O–H groups in total. The van der Waals surface area contributed by atoms with Gasteiger partial charge in [0, 0.05) is 0 Å². The van der Waals surface area contributed by atoms with E-state index >= 15 is 0 Å². The molecule has 0 aromatic heterocycles. The van der Waals surface area contributed by atoms with Gasteiger partial charge in [0.1, 0.15) is 12.4 Å². The number of allylic oxidation sites excluding steroid dienone is 1. The van der Waals surface area contributed by atoms with Crippen molar-refractivity contribution >= 4 is 0 Å². The van der Waals surface area contributed by atoms with Gasteiger partial charge in [0.15, 0.2) is 0 Å². The molecule has 0 aliphatic rings. The largest absolute Gasteiger partial charge is 0.490 e. The molecule has 1 nitrogen and oxygen atoms in total. The van der Waals surface area contributed by atoms with E-state index in [0.29, 0.717) is 6.61 Å². The summed E-state index contributed by atoms with van der Waals surface area (Å²) in [5.41, 5.74) is 3.87. The smallest absolute Gasteiger partial charge is 0.120 e. The van der Waals surface area contributed by atoms with Crippen molar-refractivity contribution < 1.29 is 4.74 Å². The van der Waals surface area contributed by atoms with E-state index in [4.69, 9.17) is 4.74 Å². The first-order chi connectivity index (χ1) is 6.59. The Bertz CT molecular complexity index is 333. The fourth-order valence-electron chi connectivity index (χ4n) is 1.11. The summed E-state index contributed by atoms with van der Waals surface area (Å²) in [7, 11) is 0. The van der Waals surface area contributed by atoms with Gasteiger partial charge in [-0.3, -0.25) is 0 Å². The third-order valence-electron chi connectivity index (χ3n) is 2.22. The number of aryl methyl sites for hydroxylation is 2. The van der Waals surface area contributed by atoms with Crippen LogP contribution in [0.2, 0.25) is 0 Å². The molecule has 0 fully saturated rings. The maximum absolute atomic E-state index is 5.58. The van der Waals surface area contributed by atoms with Crippen molar-refractivity contribution in [2.45, 2.75) is 27.7 Å². The lowest BCUT2D eigenvalue weighted by atomic mass is 10.1. The zero-order chi connectivity index (χ0) is 10.6. The molecule has 1 aromatic rings. The third-order valence-corrected chi connectivity index (χ3v) is 2.22. The van der Waals surface area contributed by atoms with Gasteiger partial charge in [0.2, 0.25) is 0 Å². The summed E-state index contributed by atoms with van der Waals surface area (Å²) >= 11 is 0. The number of benzene rings is 1. The van der Waals surface area contributed by atoms with Gasteiger partial charge in [-0.25, -0.2) is 0 Å². The van der Waals surface area contributed by atoms with Gasteiger partial charge >= 0.3 is 0 Å². The molecule has 0 aliphatic heterocycles. The van der Waals surface area contributed by atoms with Crippen LogP contribution in [0.25, 0.3) is 0 Å². The summed E-state index contributed by atoms with van der Waals surface area (Å²) in [6, 6.07) is 6.18. The lowest BCUT2D eigenvalue weighted by Gasteiger charge is -2.06. The molecular formula is C13H18O. The Morgan fingerprint density at radius 2 is 1.93 bits per heavy atom. The molecule has 0 radical (unpaired) electrons. The predicted octanol–water partition coefficient (Wildman–Crippen LogP) is 3.65. The summed E-state index contributed by atoms with van der Waals surface area (Å²) in [6.45, 7) is 9.01. The first-order valence-corrected chi connectivity index (χ1v) is 4.93. The Morgan fingerprint density at radius 1 is 1.21 bits per heavy atom. The van der Waals surface area contributed by atoms with Crippen LogP contribution in [0.4, 0.5) is 0 Å². The van der Waals surface area contributed by atoms with Gasteiger partial charge in [-0.2, -0.15) is 0 Å². The first kappa shape index (κ1) is 10.8. The highest BCUT2D eigenvalue weighted by atomic mass is 16.5. The van der Waals surface area contributed by atoms with E-state index in [9.17, 15) is 0 Å². The van der Waals surface area contributed by atoms with Crippen LogP contribution in [0.15, 0.2) is 29.8 Å². The first-order valence-electron chi connectivity index (χ1n) is 4.93. The van der Waals surface area contributed by atoms with E-state index in [-0.39, 0.29) is 0 Å². The minimum absolute atomic E-state index is 0.658. The van der Waals surface area contributed by atoms with Crippen molar-refractivity contribution in [2.75, 3.05) is 6.61 Å². The molecule has 1 rings (SSSR count). The number of hydrogen-bond acceptors (Lipinski definition) is 1. The van der Waals surface area contributed by atoms with Crippen molar-refractivity contribution in [2.24, 2.45) is 0 Å². The van der Waals surface area contributed by atoms with Crippen LogP contribution >= 0.6 is 0 Å². The summed E-state index contributed by atoms with van der Waals surface area (Å²) in [5.74, 6) is 0.950. The highest BCUT2D eigenvalue weighted by Gasteiger charge is 1.95. The van der Waals surface area contributed by atoms with Crippen LogP contribution < -0.4 is 4.74 Å². The maximum Gasteiger partial charge on any atom is 0.120 e. The lowest BCUT2D eigenvalue weighted by Crippen LogP contribution is -1.94. The average Bonchev–Trinajstić information content (AvgIpc) is 2.10. The second-order valence-corrected chi connectivity index (χ2v) is 3.84. The average molecular weight is 190 g/mol. The zero-order valence-electron chi connectivity index (χ0n) is 9.42. The minimum atomic E-state index is 0.658. The normalized spacial score (nSPS) is 9.71. The minimum Gasteiger partial charge on any atom is -0.490 e. The van der Waals surface area contributed by atoms with E-state index in [1.807, 2.05) is 6.07 Å². The summed E-state index contributed by atoms with van der Waals surface area (Å²) in [4.78, 5) is 0. The van der Waals surface area contributed by atoms with E-state index in [1.165, 1.54) is 16.7 Å². The lowest BCUT2D eigenvalue weighted by molar-refractivity contribution is 0.361. The van der Waals surface area contributed by atoms with Crippen LogP contribution in [0.3, 0.4) is 0 Å². The maximum atomic E-state index is 5.58. The van der Waals surface area contributed by atoms with Gasteiger partial charge in [-0.15, -0.1) is 0 Å². The standard InChI is InChI=1S/C13H18O/c1-10(2)7-8-14-13-6-5-11(3)12(4)9-13/h5-7,9H,8H2,1-4H3. The number of ether oxygens (including phenoxy) is 1. The number of rotatable bonds is 3. The summed E-state index contributed by atoms with van der Waals surface area (Å²) in [5, 5.41) is 0. The van der Waals surface area contributed by atoms with Crippen molar-refractivity contribution in [1.82, 2.24) is 0 Å². The molecule has 14 heavy (non-hydrogen) atoms. The topological polar surface area (TPSA) is 9.23 Å². The van der Waals surface area contributed by atoms with Crippen LogP contribution in [0.1, 0.15) is 25.0 Å². The predicted molar refractivity (Wildman–Crippen MR) is 60.8 cm³/mol. The Kier molecular flexibility index (Phi) is 3.75. The SMILES string of the molecule is CC(C)=CCOc1ccc(C)c(C)c1. The molecule has 1 aromatic carbocycles. The second-order valence-electron chi connectivity index (χ2n) is 3.84. The molecule has 0 spiro atoms. The van der Waals surface area contributed by atoms with E-state index in [2.05, 4.69) is 45.9 Å². The van der Waals surface area contributed by atoms with Crippen molar-refractivity contribution in [3.05, 3.63) is 41.0 Å². The molecule has 0 heterocycles. The Hall–Kier alpha value is -1.24. The van der Waals surface area contributed by atoms with Gasteiger partial charge < -0.3 is 4.74 Å². The fraction of sp³-hybridized carbons (Fsp3) is 0.385. The van der Waals surface area contributed by atoms with Crippen molar-refractivity contribution in [3.8, 4) is 5.75 Å². The summed E-state index contributed by atoms with van der Waals surface area (Å²) in [6.07, 6.45) is 2.08. The quantitative estimate of drug-likeness (QED) is 0.661. The van der Waals surface area contributed by atoms with Gasteiger partial charge in [-0.1, -0.05) is 11.6 Å². The van der Waals surface area contributed by atoms with Crippen molar-refractivity contribution in [3.63, 3.8) is 0 Å². The van der Waals surface area contributed by atoms with Crippen LogP contribution in [-0.4, -0.2) is 6.61 Å². The molecule has 0 aliphatic carbocycles. The Labute approximate surface area is 86.4 Å². The molecule has 0 bridgehead atoms.